The largest absolute Gasteiger partial charge is 0.465 e. The van der Waals surface area contributed by atoms with E-state index in [0.717, 1.165) is 0 Å². The third kappa shape index (κ3) is 4.20. The highest BCUT2D eigenvalue weighted by atomic mass is 35.5. The molecule has 0 spiro atoms. The molecular formula is C18H15Cl2NO6. The lowest BCUT2D eigenvalue weighted by molar-refractivity contribution is -0.136. The van der Waals surface area contributed by atoms with Gasteiger partial charge in [0.15, 0.2) is 0 Å². The maximum absolute atomic E-state index is 12.6. The number of pyridine rings is 1. The quantitative estimate of drug-likeness (QED) is 0.309. The predicted molar refractivity (Wildman–Crippen MR) is 97.9 cm³/mol. The van der Waals surface area contributed by atoms with Crippen molar-refractivity contribution in [1.29, 1.82) is 0 Å². The smallest absolute Gasteiger partial charge is 0.343 e. The minimum absolute atomic E-state index is 0.0142. The van der Waals surface area contributed by atoms with E-state index in [4.69, 9.17) is 32.7 Å². The standard InChI is InChI=1S/C18H15Cl2NO6/c1-9-13(17(23)25-3)15(11-5-4-6-12(19)16(11)20)14(10(2)21-9)18(24)27-8-26-7-22/h4-7H,8H2,1-3H3. The van der Waals surface area contributed by atoms with Gasteiger partial charge >= 0.3 is 11.9 Å². The highest BCUT2D eigenvalue weighted by Gasteiger charge is 2.29. The van der Waals surface area contributed by atoms with Crippen LogP contribution in [-0.2, 0) is 19.0 Å². The minimum Gasteiger partial charge on any atom is -0.465 e. The fraction of sp³-hybridized carbons (Fsp3) is 0.222. The molecule has 27 heavy (non-hydrogen) atoms. The molecule has 0 saturated carbocycles. The zero-order chi connectivity index (χ0) is 20.1. The Morgan fingerprint density at radius 2 is 1.74 bits per heavy atom. The van der Waals surface area contributed by atoms with Crippen molar-refractivity contribution in [3.05, 3.63) is 50.8 Å². The second-order valence-electron chi connectivity index (χ2n) is 5.31. The van der Waals surface area contributed by atoms with Gasteiger partial charge < -0.3 is 14.2 Å². The molecule has 142 valence electrons. The number of aromatic nitrogens is 1. The molecule has 0 aliphatic rings. The first-order valence-electron chi connectivity index (χ1n) is 7.59. The number of carbonyl (C=O) groups is 3. The number of methoxy groups -OCH3 is 1. The Hall–Kier alpha value is -2.64. The third-order valence-electron chi connectivity index (χ3n) is 3.70. The van der Waals surface area contributed by atoms with E-state index in [2.05, 4.69) is 9.72 Å². The molecule has 1 heterocycles. The topological polar surface area (TPSA) is 91.8 Å². The summed E-state index contributed by atoms with van der Waals surface area (Å²) in [6.45, 7) is 2.73. The summed E-state index contributed by atoms with van der Waals surface area (Å²) < 4.78 is 14.2. The summed E-state index contributed by atoms with van der Waals surface area (Å²) in [5.74, 6) is -1.55. The fourth-order valence-electron chi connectivity index (χ4n) is 2.61. The molecule has 0 aliphatic heterocycles. The molecular weight excluding hydrogens is 397 g/mol. The molecule has 0 radical (unpaired) electrons. The summed E-state index contributed by atoms with van der Waals surface area (Å²) in [6.07, 6.45) is 0. The van der Waals surface area contributed by atoms with Crippen molar-refractivity contribution in [2.45, 2.75) is 13.8 Å². The molecule has 9 heteroatoms. The summed E-state index contributed by atoms with van der Waals surface area (Å²) >= 11 is 12.4. The number of hydrogen-bond donors (Lipinski definition) is 0. The first-order valence-corrected chi connectivity index (χ1v) is 8.35. The van der Waals surface area contributed by atoms with Crippen molar-refractivity contribution in [3.63, 3.8) is 0 Å². The number of nitrogens with zero attached hydrogens (tertiary/aromatic N) is 1. The van der Waals surface area contributed by atoms with Gasteiger partial charge in [0.25, 0.3) is 6.47 Å². The van der Waals surface area contributed by atoms with Gasteiger partial charge in [0, 0.05) is 11.1 Å². The molecule has 1 aromatic heterocycles. The highest BCUT2D eigenvalue weighted by Crippen LogP contribution is 2.39. The van der Waals surface area contributed by atoms with Crippen LogP contribution in [0.3, 0.4) is 0 Å². The molecule has 0 unspecified atom stereocenters. The number of aryl methyl sites for hydroxylation is 2. The lowest BCUT2D eigenvalue weighted by Crippen LogP contribution is -2.17. The predicted octanol–water partition coefficient (Wildman–Crippen LogP) is 3.75. The van der Waals surface area contributed by atoms with Gasteiger partial charge in [-0.25, -0.2) is 9.59 Å². The van der Waals surface area contributed by atoms with Gasteiger partial charge in [-0.15, -0.1) is 0 Å². The number of carbonyl (C=O) groups excluding carboxylic acids is 3. The zero-order valence-corrected chi connectivity index (χ0v) is 16.2. The Labute approximate surface area is 165 Å². The van der Waals surface area contributed by atoms with E-state index in [-0.39, 0.29) is 33.2 Å². The lowest BCUT2D eigenvalue weighted by atomic mass is 9.92. The number of ether oxygens (including phenoxy) is 3. The Morgan fingerprint density at radius 1 is 1.11 bits per heavy atom. The van der Waals surface area contributed by atoms with Gasteiger partial charge in [-0.05, 0) is 19.9 Å². The van der Waals surface area contributed by atoms with Gasteiger partial charge in [0.05, 0.1) is 39.7 Å². The molecule has 0 fully saturated rings. The minimum atomic E-state index is -0.849. The van der Waals surface area contributed by atoms with Crippen molar-refractivity contribution in [2.24, 2.45) is 0 Å². The van der Waals surface area contributed by atoms with Crippen molar-refractivity contribution in [2.75, 3.05) is 13.9 Å². The van der Waals surface area contributed by atoms with Crippen LogP contribution in [0.1, 0.15) is 32.1 Å². The van der Waals surface area contributed by atoms with E-state index in [9.17, 15) is 14.4 Å². The second-order valence-corrected chi connectivity index (χ2v) is 6.10. The first kappa shape index (κ1) is 20.7. The van der Waals surface area contributed by atoms with Crippen LogP contribution in [0.5, 0.6) is 0 Å². The van der Waals surface area contributed by atoms with E-state index in [0.29, 0.717) is 17.0 Å². The molecule has 1 aromatic carbocycles. The number of halogens is 2. The van der Waals surface area contributed by atoms with Gasteiger partial charge in [-0.1, -0.05) is 35.3 Å². The summed E-state index contributed by atoms with van der Waals surface area (Å²) in [5, 5.41) is 0.383. The van der Waals surface area contributed by atoms with Gasteiger partial charge in [0.1, 0.15) is 0 Å². The fourth-order valence-corrected chi connectivity index (χ4v) is 3.00. The monoisotopic (exact) mass is 411 g/mol. The molecule has 0 bridgehead atoms. The Morgan fingerprint density at radius 3 is 2.33 bits per heavy atom. The van der Waals surface area contributed by atoms with Crippen LogP contribution in [0.15, 0.2) is 18.2 Å². The molecule has 0 aliphatic carbocycles. The van der Waals surface area contributed by atoms with Crippen molar-refractivity contribution >= 4 is 41.6 Å². The van der Waals surface area contributed by atoms with E-state index in [1.807, 2.05) is 0 Å². The number of hydrogen-bond acceptors (Lipinski definition) is 7. The molecule has 7 nitrogen and oxygen atoms in total. The van der Waals surface area contributed by atoms with Crippen LogP contribution in [-0.4, -0.2) is 37.3 Å². The molecule has 0 N–H and O–H groups in total. The maximum Gasteiger partial charge on any atom is 0.343 e. The van der Waals surface area contributed by atoms with Crippen LogP contribution in [0.25, 0.3) is 11.1 Å². The van der Waals surface area contributed by atoms with Crippen LogP contribution in [0, 0.1) is 13.8 Å². The molecule has 0 saturated heterocycles. The van der Waals surface area contributed by atoms with Crippen LogP contribution in [0.2, 0.25) is 10.0 Å². The maximum atomic E-state index is 12.6. The average molecular weight is 412 g/mol. The highest BCUT2D eigenvalue weighted by molar-refractivity contribution is 6.44. The summed E-state index contributed by atoms with van der Waals surface area (Å²) in [6, 6.07) is 4.80. The van der Waals surface area contributed by atoms with Crippen molar-refractivity contribution < 1.29 is 28.6 Å². The Kier molecular flexibility index (Phi) is 6.76. The molecule has 2 rings (SSSR count). The van der Waals surface area contributed by atoms with Crippen LogP contribution in [0.4, 0.5) is 0 Å². The van der Waals surface area contributed by atoms with Gasteiger partial charge in [-0.3, -0.25) is 9.78 Å². The number of benzene rings is 1. The van der Waals surface area contributed by atoms with Crippen molar-refractivity contribution in [3.8, 4) is 11.1 Å². The summed E-state index contributed by atoms with van der Waals surface area (Å²) in [4.78, 5) is 39.5. The average Bonchev–Trinajstić information content (AvgIpc) is 2.63. The Balaban J connectivity index is 2.83. The zero-order valence-electron chi connectivity index (χ0n) is 14.7. The normalized spacial score (nSPS) is 10.3. The third-order valence-corrected chi connectivity index (χ3v) is 4.52. The van der Waals surface area contributed by atoms with E-state index < -0.39 is 18.7 Å². The van der Waals surface area contributed by atoms with Crippen molar-refractivity contribution in [1.82, 2.24) is 4.98 Å². The first-order chi connectivity index (χ1) is 12.8. The lowest BCUT2D eigenvalue weighted by Gasteiger charge is -2.18. The van der Waals surface area contributed by atoms with Gasteiger partial charge in [-0.2, -0.15) is 0 Å². The van der Waals surface area contributed by atoms with Crippen LogP contribution < -0.4 is 0 Å². The van der Waals surface area contributed by atoms with E-state index in [1.54, 1.807) is 32.0 Å². The SMILES string of the molecule is COC(=O)c1c(C)nc(C)c(C(=O)OCOC=O)c1-c1cccc(Cl)c1Cl. The molecule has 2 aromatic rings. The number of esters is 2. The summed E-state index contributed by atoms with van der Waals surface area (Å²) in [5.41, 5.74) is 1.18. The van der Waals surface area contributed by atoms with E-state index >= 15 is 0 Å². The second kappa shape index (κ2) is 8.83. The number of rotatable bonds is 6. The van der Waals surface area contributed by atoms with E-state index in [1.165, 1.54) is 7.11 Å². The Bertz CT molecular complexity index is 913. The summed E-state index contributed by atoms with van der Waals surface area (Å²) in [7, 11) is 1.21. The van der Waals surface area contributed by atoms with Crippen LogP contribution >= 0.6 is 23.2 Å². The van der Waals surface area contributed by atoms with Gasteiger partial charge in [0.2, 0.25) is 6.79 Å². The molecule has 0 atom stereocenters. The molecule has 0 amide bonds.